The topological polar surface area (TPSA) is 55.4 Å². The quantitative estimate of drug-likeness (QED) is 0.944. The molecule has 0 saturated carbocycles. The van der Waals surface area contributed by atoms with Gasteiger partial charge in [0.2, 0.25) is 0 Å². The third kappa shape index (κ3) is 3.23. The van der Waals surface area contributed by atoms with Crippen LogP contribution >= 0.6 is 15.9 Å². The van der Waals surface area contributed by atoms with Crippen molar-refractivity contribution < 1.29 is 13.6 Å². The number of rotatable bonds is 4. The SMILES string of the molecule is CC(Cc1ccco1)NC(=O)c1ccc(Br)o1. The molecule has 1 atom stereocenters. The van der Waals surface area contributed by atoms with Crippen molar-refractivity contribution >= 4 is 21.8 Å². The van der Waals surface area contributed by atoms with Crippen molar-refractivity contribution in [3.63, 3.8) is 0 Å². The lowest BCUT2D eigenvalue weighted by Crippen LogP contribution is -2.33. The lowest BCUT2D eigenvalue weighted by atomic mass is 10.2. The lowest BCUT2D eigenvalue weighted by molar-refractivity contribution is 0.0910. The second-order valence-electron chi connectivity index (χ2n) is 3.76. The number of amides is 1. The summed E-state index contributed by atoms with van der Waals surface area (Å²) in [5.41, 5.74) is 0. The first-order chi connectivity index (χ1) is 8.15. The minimum absolute atomic E-state index is 0.0162. The van der Waals surface area contributed by atoms with Crippen LogP contribution in [0.1, 0.15) is 23.2 Å². The molecule has 0 aliphatic rings. The number of hydrogen-bond acceptors (Lipinski definition) is 3. The molecular formula is C12H12BrNO3. The van der Waals surface area contributed by atoms with Gasteiger partial charge in [-0.15, -0.1) is 0 Å². The molecule has 2 rings (SSSR count). The average Bonchev–Trinajstić information content (AvgIpc) is 2.89. The first kappa shape index (κ1) is 12.0. The van der Waals surface area contributed by atoms with E-state index in [2.05, 4.69) is 21.2 Å². The molecule has 0 aliphatic carbocycles. The van der Waals surface area contributed by atoms with Gasteiger partial charge >= 0.3 is 0 Å². The number of furan rings is 2. The van der Waals surface area contributed by atoms with Crippen LogP contribution in [0.25, 0.3) is 0 Å². The number of nitrogens with one attached hydrogen (secondary N) is 1. The second kappa shape index (κ2) is 5.23. The van der Waals surface area contributed by atoms with Crippen molar-refractivity contribution in [1.29, 1.82) is 0 Å². The van der Waals surface area contributed by atoms with Crippen LogP contribution in [0, 0.1) is 0 Å². The van der Waals surface area contributed by atoms with Crippen molar-refractivity contribution in [2.75, 3.05) is 0 Å². The third-order valence-corrected chi connectivity index (χ3v) is 2.69. The second-order valence-corrected chi connectivity index (χ2v) is 4.54. The van der Waals surface area contributed by atoms with E-state index in [9.17, 15) is 4.79 Å². The van der Waals surface area contributed by atoms with Crippen molar-refractivity contribution in [2.45, 2.75) is 19.4 Å². The third-order valence-electron chi connectivity index (χ3n) is 2.26. The standard InChI is InChI=1S/C12H12BrNO3/c1-8(7-9-3-2-6-16-9)14-12(15)10-4-5-11(13)17-10/h2-6,8H,7H2,1H3,(H,14,15). The van der Waals surface area contributed by atoms with E-state index in [1.54, 1.807) is 18.4 Å². The number of hydrogen-bond donors (Lipinski definition) is 1. The smallest absolute Gasteiger partial charge is 0.287 e. The zero-order valence-electron chi connectivity index (χ0n) is 9.27. The Bertz CT molecular complexity index is 490. The normalized spacial score (nSPS) is 12.4. The van der Waals surface area contributed by atoms with Gasteiger partial charge in [0, 0.05) is 12.5 Å². The first-order valence-electron chi connectivity index (χ1n) is 5.24. The molecule has 2 aromatic rings. The van der Waals surface area contributed by atoms with Gasteiger partial charge in [-0.3, -0.25) is 4.79 Å². The molecule has 0 bridgehead atoms. The molecule has 0 spiro atoms. The summed E-state index contributed by atoms with van der Waals surface area (Å²) in [5, 5.41) is 2.83. The van der Waals surface area contributed by atoms with Gasteiger partial charge in [0.25, 0.3) is 5.91 Å². The lowest BCUT2D eigenvalue weighted by Gasteiger charge is -2.10. The summed E-state index contributed by atoms with van der Waals surface area (Å²) in [6.07, 6.45) is 2.27. The van der Waals surface area contributed by atoms with Gasteiger partial charge in [-0.05, 0) is 47.1 Å². The zero-order chi connectivity index (χ0) is 12.3. The van der Waals surface area contributed by atoms with Crippen molar-refractivity contribution in [3.05, 3.63) is 46.7 Å². The Kier molecular flexibility index (Phi) is 3.68. The molecule has 0 radical (unpaired) electrons. The Morgan fingerprint density at radius 1 is 1.47 bits per heavy atom. The highest BCUT2D eigenvalue weighted by Gasteiger charge is 2.14. The molecule has 0 aliphatic heterocycles. The highest BCUT2D eigenvalue weighted by Crippen LogP contribution is 2.14. The Morgan fingerprint density at radius 2 is 2.29 bits per heavy atom. The van der Waals surface area contributed by atoms with Crippen LogP contribution in [0.4, 0.5) is 0 Å². The molecule has 0 saturated heterocycles. The van der Waals surface area contributed by atoms with Crippen molar-refractivity contribution in [3.8, 4) is 0 Å². The predicted octanol–water partition coefficient (Wildman–Crippen LogP) is 3.00. The molecular weight excluding hydrogens is 286 g/mol. The highest BCUT2D eigenvalue weighted by atomic mass is 79.9. The van der Waals surface area contributed by atoms with Gasteiger partial charge in [0.05, 0.1) is 6.26 Å². The Labute approximate surface area is 107 Å². The number of carbonyl (C=O) groups excluding carboxylic acids is 1. The molecule has 0 aromatic carbocycles. The molecule has 90 valence electrons. The molecule has 1 N–H and O–H groups in total. The minimum Gasteiger partial charge on any atom is -0.469 e. The maximum Gasteiger partial charge on any atom is 0.287 e. The van der Waals surface area contributed by atoms with Crippen LogP contribution in [0.3, 0.4) is 0 Å². The molecule has 4 nitrogen and oxygen atoms in total. The highest BCUT2D eigenvalue weighted by molar-refractivity contribution is 9.10. The molecule has 17 heavy (non-hydrogen) atoms. The minimum atomic E-state index is -0.227. The number of carbonyl (C=O) groups is 1. The first-order valence-corrected chi connectivity index (χ1v) is 6.03. The van der Waals surface area contributed by atoms with Crippen LogP contribution in [0.2, 0.25) is 0 Å². The van der Waals surface area contributed by atoms with Gasteiger partial charge in [-0.2, -0.15) is 0 Å². The van der Waals surface area contributed by atoms with Crippen LogP contribution in [-0.4, -0.2) is 11.9 Å². The summed E-state index contributed by atoms with van der Waals surface area (Å²) in [5.74, 6) is 0.913. The maximum absolute atomic E-state index is 11.7. The molecule has 1 unspecified atom stereocenters. The van der Waals surface area contributed by atoms with Gasteiger partial charge in [-0.1, -0.05) is 0 Å². The summed E-state index contributed by atoms with van der Waals surface area (Å²) >= 11 is 3.15. The fourth-order valence-electron chi connectivity index (χ4n) is 1.51. The summed E-state index contributed by atoms with van der Waals surface area (Å²) < 4.78 is 10.9. The molecule has 1 amide bonds. The van der Waals surface area contributed by atoms with Gasteiger partial charge in [0.15, 0.2) is 10.4 Å². The summed E-state index contributed by atoms with van der Waals surface area (Å²) in [6, 6.07) is 7.00. The Morgan fingerprint density at radius 3 is 2.88 bits per heavy atom. The molecule has 2 heterocycles. The van der Waals surface area contributed by atoms with E-state index in [-0.39, 0.29) is 11.9 Å². The largest absolute Gasteiger partial charge is 0.469 e. The zero-order valence-corrected chi connectivity index (χ0v) is 10.9. The van der Waals surface area contributed by atoms with Crippen molar-refractivity contribution in [1.82, 2.24) is 5.32 Å². The van der Waals surface area contributed by atoms with Crippen molar-refractivity contribution in [2.24, 2.45) is 0 Å². The van der Waals surface area contributed by atoms with Crippen LogP contribution in [0.15, 0.2) is 44.0 Å². The summed E-state index contributed by atoms with van der Waals surface area (Å²) in [7, 11) is 0. The van der Waals surface area contributed by atoms with Crippen LogP contribution in [0.5, 0.6) is 0 Å². The Hall–Kier alpha value is -1.49. The van der Waals surface area contributed by atoms with Crippen LogP contribution in [-0.2, 0) is 6.42 Å². The van der Waals surface area contributed by atoms with E-state index in [4.69, 9.17) is 8.83 Å². The summed E-state index contributed by atoms with van der Waals surface area (Å²) in [4.78, 5) is 11.7. The Balaban J connectivity index is 1.90. The van der Waals surface area contributed by atoms with Crippen LogP contribution < -0.4 is 5.32 Å². The average molecular weight is 298 g/mol. The fourth-order valence-corrected chi connectivity index (χ4v) is 1.82. The molecule has 2 aromatic heterocycles. The predicted molar refractivity (Wildman–Crippen MR) is 65.7 cm³/mol. The van der Waals surface area contributed by atoms with E-state index in [0.717, 1.165) is 5.76 Å². The maximum atomic E-state index is 11.7. The number of halogens is 1. The molecule has 0 fully saturated rings. The van der Waals surface area contributed by atoms with E-state index in [0.29, 0.717) is 16.9 Å². The van der Waals surface area contributed by atoms with E-state index >= 15 is 0 Å². The van der Waals surface area contributed by atoms with Gasteiger partial charge < -0.3 is 14.2 Å². The van der Waals surface area contributed by atoms with E-state index in [1.807, 2.05) is 19.1 Å². The van der Waals surface area contributed by atoms with Gasteiger partial charge in [0.1, 0.15) is 5.76 Å². The van der Waals surface area contributed by atoms with E-state index < -0.39 is 0 Å². The van der Waals surface area contributed by atoms with E-state index in [1.165, 1.54) is 0 Å². The summed E-state index contributed by atoms with van der Waals surface area (Å²) in [6.45, 7) is 1.92. The van der Waals surface area contributed by atoms with Gasteiger partial charge in [-0.25, -0.2) is 0 Å². The monoisotopic (exact) mass is 297 g/mol. The molecule has 5 heteroatoms. The fraction of sp³-hybridized carbons (Fsp3) is 0.250.